The Morgan fingerprint density at radius 3 is 2.48 bits per heavy atom. The topological polar surface area (TPSA) is 62.8 Å². The van der Waals surface area contributed by atoms with Crippen LogP contribution in [-0.2, 0) is 14.3 Å². The summed E-state index contributed by atoms with van der Waals surface area (Å²) in [6.07, 6.45) is 2.10. The highest BCUT2D eigenvalue weighted by Gasteiger charge is 2.33. The lowest BCUT2D eigenvalue weighted by molar-refractivity contribution is -0.128. The monoisotopic (exact) mass is 371 g/mol. The van der Waals surface area contributed by atoms with E-state index < -0.39 is 0 Å². The summed E-state index contributed by atoms with van der Waals surface area (Å²) in [6, 6.07) is -0.0878. The van der Waals surface area contributed by atoms with Crippen molar-refractivity contribution >= 4 is 30.7 Å². The maximum atomic E-state index is 12.4. The largest absolute Gasteiger partial charge is 0.384 e. The molecule has 0 aliphatic carbocycles. The molecule has 0 spiro atoms. The first-order valence-corrected chi connectivity index (χ1v) is 7.96. The van der Waals surface area contributed by atoms with E-state index in [1.165, 1.54) is 0 Å². The molecule has 1 unspecified atom stereocenters. The van der Waals surface area contributed by atoms with E-state index in [9.17, 15) is 4.79 Å². The van der Waals surface area contributed by atoms with Crippen LogP contribution in [0.15, 0.2) is 0 Å². The van der Waals surface area contributed by atoms with Crippen LogP contribution in [0.4, 0.5) is 0 Å². The number of morpholine rings is 1. The number of halogens is 2. The van der Waals surface area contributed by atoms with Gasteiger partial charge in [0.05, 0.1) is 25.9 Å². The van der Waals surface area contributed by atoms with Crippen LogP contribution >= 0.6 is 24.8 Å². The van der Waals surface area contributed by atoms with Crippen LogP contribution in [0, 0.1) is 5.41 Å². The Kier molecular flexibility index (Phi) is 11.4. The van der Waals surface area contributed by atoms with Crippen molar-refractivity contribution in [1.82, 2.24) is 15.5 Å². The molecule has 1 atom stereocenters. The summed E-state index contributed by atoms with van der Waals surface area (Å²) >= 11 is 0. The molecule has 0 aromatic rings. The van der Waals surface area contributed by atoms with Crippen molar-refractivity contribution in [2.75, 3.05) is 59.7 Å². The van der Waals surface area contributed by atoms with Gasteiger partial charge in [0.15, 0.2) is 0 Å². The number of amides is 1. The predicted molar refractivity (Wildman–Crippen MR) is 95.8 cm³/mol. The molecule has 2 heterocycles. The maximum Gasteiger partial charge on any atom is 0.237 e. The molecule has 0 radical (unpaired) electrons. The Morgan fingerprint density at radius 1 is 1.30 bits per heavy atom. The lowest BCUT2D eigenvalue weighted by Gasteiger charge is -2.38. The van der Waals surface area contributed by atoms with E-state index in [1.807, 2.05) is 6.92 Å². The zero-order valence-electron chi connectivity index (χ0n) is 14.1. The molecule has 23 heavy (non-hydrogen) atoms. The van der Waals surface area contributed by atoms with Crippen LogP contribution in [0.5, 0.6) is 0 Å². The zero-order chi connectivity index (χ0) is 15.1. The number of hydrogen-bond donors (Lipinski definition) is 2. The van der Waals surface area contributed by atoms with Crippen molar-refractivity contribution in [2.45, 2.75) is 25.8 Å². The van der Waals surface area contributed by atoms with Gasteiger partial charge in [0.2, 0.25) is 5.91 Å². The average molecular weight is 372 g/mol. The standard InChI is InChI=1S/C15H29N3O3.2ClH/c1-13(18-7-9-21-10-8-18)14(19)17-11-15(12-20-2)3-5-16-6-4-15;;/h13,16H,3-12H2,1-2H3,(H,17,19);2*1H. The summed E-state index contributed by atoms with van der Waals surface area (Å²) in [4.78, 5) is 14.6. The summed E-state index contributed by atoms with van der Waals surface area (Å²) in [7, 11) is 1.74. The van der Waals surface area contributed by atoms with Gasteiger partial charge in [0.1, 0.15) is 0 Å². The van der Waals surface area contributed by atoms with E-state index >= 15 is 0 Å². The van der Waals surface area contributed by atoms with Crippen molar-refractivity contribution in [3.63, 3.8) is 0 Å². The summed E-state index contributed by atoms with van der Waals surface area (Å²) in [5.74, 6) is 0.117. The van der Waals surface area contributed by atoms with Crippen LogP contribution in [0.1, 0.15) is 19.8 Å². The third-order valence-electron chi connectivity index (χ3n) is 4.73. The van der Waals surface area contributed by atoms with E-state index in [-0.39, 0.29) is 42.2 Å². The number of piperidine rings is 1. The highest BCUT2D eigenvalue weighted by molar-refractivity contribution is 5.85. The highest BCUT2D eigenvalue weighted by atomic mass is 35.5. The molecular formula is C15H31Cl2N3O3. The molecule has 0 aromatic heterocycles. The van der Waals surface area contributed by atoms with Gasteiger partial charge in [-0.2, -0.15) is 0 Å². The van der Waals surface area contributed by atoms with Gasteiger partial charge in [-0.05, 0) is 32.9 Å². The molecule has 2 N–H and O–H groups in total. The van der Waals surface area contributed by atoms with Crippen molar-refractivity contribution < 1.29 is 14.3 Å². The van der Waals surface area contributed by atoms with Crippen LogP contribution in [-0.4, -0.2) is 76.5 Å². The van der Waals surface area contributed by atoms with Gasteiger partial charge in [-0.15, -0.1) is 24.8 Å². The number of hydrogen-bond acceptors (Lipinski definition) is 5. The fourth-order valence-corrected chi connectivity index (χ4v) is 3.19. The minimum absolute atomic E-state index is 0. The Labute approximate surface area is 151 Å². The first kappa shape index (κ1) is 22.9. The van der Waals surface area contributed by atoms with Crippen molar-refractivity contribution in [2.24, 2.45) is 5.41 Å². The number of rotatable bonds is 6. The molecular weight excluding hydrogens is 341 g/mol. The molecule has 2 saturated heterocycles. The van der Waals surface area contributed by atoms with E-state index in [1.54, 1.807) is 7.11 Å². The fourth-order valence-electron chi connectivity index (χ4n) is 3.19. The van der Waals surface area contributed by atoms with E-state index in [4.69, 9.17) is 9.47 Å². The first-order chi connectivity index (χ1) is 10.2. The van der Waals surface area contributed by atoms with Gasteiger partial charge in [-0.25, -0.2) is 0 Å². The van der Waals surface area contributed by atoms with Gasteiger partial charge in [0, 0.05) is 32.2 Å². The normalized spacial score (nSPS) is 22.3. The number of carbonyl (C=O) groups is 1. The molecule has 2 rings (SSSR count). The first-order valence-electron chi connectivity index (χ1n) is 7.96. The molecule has 0 aromatic carbocycles. The second-order valence-electron chi connectivity index (χ2n) is 6.23. The second-order valence-corrected chi connectivity index (χ2v) is 6.23. The van der Waals surface area contributed by atoms with Crippen molar-refractivity contribution in [3.05, 3.63) is 0 Å². The molecule has 138 valence electrons. The highest BCUT2D eigenvalue weighted by Crippen LogP contribution is 2.28. The third-order valence-corrected chi connectivity index (χ3v) is 4.73. The number of carbonyl (C=O) groups excluding carboxylic acids is 1. The van der Waals surface area contributed by atoms with E-state index in [0.717, 1.165) is 52.2 Å². The zero-order valence-corrected chi connectivity index (χ0v) is 15.8. The number of methoxy groups -OCH3 is 1. The van der Waals surface area contributed by atoms with E-state index in [0.29, 0.717) is 13.2 Å². The van der Waals surface area contributed by atoms with Gasteiger partial charge >= 0.3 is 0 Å². The molecule has 2 aliphatic rings. The Bertz CT molecular complexity index is 330. The molecule has 2 aliphatic heterocycles. The van der Waals surface area contributed by atoms with Crippen LogP contribution in [0.2, 0.25) is 0 Å². The quantitative estimate of drug-likeness (QED) is 0.718. The van der Waals surface area contributed by atoms with Gasteiger partial charge in [-0.1, -0.05) is 0 Å². The van der Waals surface area contributed by atoms with E-state index in [2.05, 4.69) is 15.5 Å². The summed E-state index contributed by atoms with van der Waals surface area (Å²) < 4.78 is 10.7. The van der Waals surface area contributed by atoms with Gasteiger partial charge in [-0.3, -0.25) is 9.69 Å². The van der Waals surface area contributed by atoms with Crippen molar-refractivity contribution in [3.8, 4) is 0 Å². The Balaban J connectivity index is 0.00000242. The Morgan fingerprint density at radius 2 is 1.91 bits per heavy atom. The minimum Gasteiger partial charge on any atom is -0.384 e. The predicted octanol–water partition coefficient (Wildman–Crippen LogP) is 0.683. The smallest absolute Gasteiger partial charge is 0.237 e. The Hall–Kier alpha value is -0.110. The minimum atomic E-state index is -0.0878. The van der Waals surface area contributed by atoms with Crippen molar-refractivity contribution in [1.29, 1.82) is 0 Å². The van der Waals surface area contributed by atoms with Crippen LogP contribution < -0.4 is 10.6 Å². The molecule has 1 amide bonds. The molecule has 0 saturated carbocycles. The fraction of sp³-hybridized carbons (Fsp3) is 0.933. The molecule has 2 fully saturated rings. The maximum absolute atomic E-state index is 12.4. The number of nitrogens with zero attached hydrogens (tertiary/aromatic N) is 1. The summed E-state index contributed by atoms with van der Waals surface area (Å²) in [5, 5.41) is 6.52. The molecule has 8 heteroatoms. The molecule has 6 nitrogen and oxygen atoms in total. The molecule has 0 bridgehead atoms. The summed E-state index contributed by atoms with van der Waals surface area (Å²) in [6.45, 7) is 8.50. The second kappa shape index (κ2) is 11.4. The van der Waals surface area contributed by atoms with Gasteiger partial charge < -0.3 is 20.1 Å². The van der Waals surface area contributed by atoms with Crippen LogP contribution in [0.3, 0.4) is 0 Å². The lowest BCUT2D eigenvalue weighted by atomic mass is 9.79. The van der Waals surface area contributed by atoms with Gasteiger partial charge in [0.25, 0.3) is 0 Å². The SMILES string of the molecule is COCC1(CNC(=O)C(C)N2CCOCC2)CCNCC1.Cl.Cl. The number of nitrogens with one attached hydrogen (secondary N) is 2. The van der Waals surface area contributed by atoms with Crippen LogP contribution in [0.25, 0.3) is 0 Å². The number of ether oxygens (including phenoxy) is 2. The third kappa shape index (κ3) is 6.72. The average Bonchev–Trinajstić information content (AvgIpc) is 2.54. The lowest BCUT2D eigenvalue weighted by Crippen LogP contribution is -2.53. The summed E-state index contributed by atoms with van der Waals surface area (Å²) in [5.41, 5.74) is 0.0837.